The molecule has 3 unspecified atom stereocenters. The van der Waals surface area contributed by atoms with Crippen molar-refractivity contribution in [3.8, 4) is 0 Å². The number of halogens is 2. The molecule has 17 heavy (non-hydrogen) atoms. The summed E-state index contributed by atoms with van der Waals surface area (Å²) in [6, 6.07) is 5.27. The molecule has 92 valence electrons. The van der Waals surface area contributed by atoms with E-state index in [0.717, 1.165) is 28.3 Å². The van der Waals surface area contributed by atoms with Crippen LogP contribution in [0.4, 0.5) is 4.39 Å². The largest absolute Gasteiger partial charge is 0.327 e. The van der Waals surface area contributed by atoms with Gasteiger partial charge in [-0.15, -0.1) is 0 Å². The third-order valence-electron chi connectivity index (χ3n) is 4.36. The van der Waals surface area contributed by atoms with E-state index in [0.29, 0.717) is 5.92 Å². The van der Waals surface area contributed by atoms with E-state index in [1.165, 1.54) is 25.3 Å². The lowest BCUT2D eigenvalue weighted by Gasteiger charge is -2.14. The van der Waals surface area contributed by atoms with Gasteiger partial charge in [0.25, 0.3) is 0 Å². The highest BCUT2D eigenvalue weighted by Gasteiger charge is 2.54. The number of hydrogen-bond donors (Lipinski definition) is 1. The van der Waals surface area contributed by atoms with E-state index in [1.807, 2.05) is 6.07 Å². The van der Waals surface area contributed by atoms with Crippen LogP contribution in [-0.2, 0) is 6.42 Å². The fourth-order valence-electron chi connectivity index (χ4n) is 3.65. The van der Waals surface area contributed by atoms with Gasteiger partial charge in [-0.3, -0.25) is 0 Å². The van der Waals surface area contributed by atoms with Gasteiger partial charge in [-0.1, -0.05) is 22.4 Å². The van der Waals surface area contributed by atoms with Crippen molar-refractivity contribution >= 4 is 15.9 Å². The van der Waals surface area contributed by atoms with Crippen molar-refractivity contribution in [3.05, 3.63) is 34.1 Å². The van der Waals surface area contributed by atoms with Crippen molar-refractivity contribution in [1.82, 2.24) is 0 Å². The van der Waals surface area contributed by atoms with Crippen LogP contribution in [0.1, 0.15) is 24.8 Å². The first kappa shape index (κ1) is 11.7. The molecule has 2 saturated carbocycles. The van der Waals surface area contributed by atoms with Gasteiger partial charge in [-0.05, 0) is 60.8 Å². The summed E-state index contributed by atoms with van der Waals surface area (Å²) >= 11 is 3.32. The fourth-order valence-corrected chi connectivity index (χ4v) is 4.16. The SMILES string of the molecule is NC(Cc1cc(F)cc(Br)c1)C1C2CCCC21. The van der Waals surface area contributed by atoms with Gasteiger partial charge in [0.1, 0.15) is 5.82 Å². The van der Waals surface area contributed by atoms with Crippen LogP contribution in [0.15, 0.2) is 22.7 Å². The Morgan fingerprint density at radius 1 is 1.29 bits per heavy atom. The van der Waals surface area contributed by atoms with Crippen LogP contribution in [-0.4, -0.2) is 6.04 Å². The highest BCUT2D eigenvalue weighted by molar-refractivity contribution is 9.10. The Bertz CT molecular complexity index is 404. The molecule has 1 aromatic rings. The Morgan fingerprint density at radius 2 is 2.00 bits per heavy atom. The molecule has 2 N–H and O–H groups in total. The van der Waals surface area contributed by atoms with Crippen LogP contribution in [0.5, 0.6) is 0 Å². The summed E-state index contributed by atoms with van der Waals surface area (Å²) in [6.45, 7) is 0. The zero-order valence-electron chi connectivity index (χ0n) is 9.70. The van der Waals surface area contributed by atoms with Crippen molar-refractivity contribution in [2.75, 3.05) is 0 Å². The Balaban J connectivity index is 1.66. The standard InChI is InChI=1S/C14H17BrFN/c15-9-4-8(5-10(16)7-9)6-13(17)14-11-2-1-3-12(11)14/h4-5,7,11-14H,1-3,6,17H2. The van der Waals surface area contributed by atoms with E-state index < -0.39 is 0 Å². The van der Waals surface area contributed by atoms with E-state index >= 15 is 0 Å². The monoisotopic (exact) mass is 297 g/mol. The highest BCUT2D eigenvalue weighted by atomic mass is 79.9. The van der Waals surface area contributed by atoms with Crippen molar-refractivity contribution in [2.45, 2.75) is 31.7 Å². The average molecular weight is 298 g/mol. The van der Waals surface area contributed by atoms with Gasteiger partial charge in [-0.25, -0.2) is 4.39 Å². The molecule has 1 aromatic carbocycles. The summed E-state index contributed by atoms with van der Waals surface area (Å²) in [5, 5.41) is 0. The molecule has 0 saturated heterocycles. The first-order chi connectivity index (χ1) is 8.15. The molecule has 0 radical (unpaired) electrons. The van der Waals surface area contributed by atoms with Gasteiger partial charge >= 0.3 is 0 Å². The molecular formula is C14H17BrFN. The molecule has 2 aliphatic carbocycles. The minimum Gasteiger partial charge on any atom is -0.327 e. The summed E-state index contributed by atoms with van der Waals surface area (Å²) in [7, 11) is 0. The molecule has 0 amide bonds. The van der Waals surface area contributed by atoms with Crippen molar-refractivity contribution in [2.24, 2.45) is 23.5 Å². The molecule has 0 aromatic heterocycles. The van der Waals surface area contributed by atoms with E-state index in [2.05, 4.69) is 15.9 Å². The topological polar surface area (TPSA) is 26.0 Å². The molecule has 2 fully saturated rings. The van der Waals surface area contributed by atoms with Crippen LogP contribution in [0.25, 0.3) is 0 Å². The van der Waals surface area contributed by atoms with Crippen molar-refractivity contribution in [1.29, 1.82) is 0 Å². The van der Waals surface area contributed by atoms with Gasteiger partial charge in [-0.2, -0.15) is 0 Å². The van der Waals surface area contributed by atoms with E-state index in [4.69, 9.17) is 5.73 Å². The molecule has 1 nitrogen and oxygen atoms in total. The molecule has 3 heteroatoms. The molecule has 0 aliphatic heterocycles. The fraction of sp³-hybridized carbons (Fsp3) is 0.571. The first-order valence-corrected chi connectivity index (χ1v) is 7.15. The predicted molar refractivity (Wildman–Crippen MR) is 70.1 cm³/mol. The lowest BCUT2D eigenvalue weighted by Crippen LogP contribution is -2.27. The molecule has 3 atom stereocenters. The van der Waals surface area contributed by atoms with Gasteiger partial charge in [0.05, 0.1) is 0 Å². The maximum atomic E-state index is 13.3. The third-order valence-corrected chi connectivity index (χ3v) is 4.82. The Morgan fingerprint density at radius 3 is 2.65 bits per heavy atom. The normalized spacial score (nSPS) is 32.3. The maximum Gasteiger partial charge on any atom is 0.124 e. The van der Waals surface area contributed by atoms with Crippen LogP contribution in [0.3, 0.4) is 0 Å². The number of benzene rings is 1. The number of hydrogen-bond acceptors (Lipinski definition) is 1. The summed E-state index contributed by atoms with van der Waals surface area (Å²) in [6.07, 6.45) is 4.89. The molecular weight excluding hydrogens is 281 g/mol. The second kappa shape index (κ2) is 4.36. The van der Waals surface area contributed by atoms with Crippen LogP contribution >= 0.6 is 15.9 Å². The number of rotatable bonds is 3. The molecule has 2 aliphatic rings. The average Bonchev–Trinajstić information content (AvgIpc) is 2.72. The van der Waals surface area contributed by atoms with Crippen LogP contribution < -0.4 is 5.73 Å². The quantitative estimate of drug-likeness (QED) is 0.908. The summed E-state index contributed by atoms with van der Waals surface area (Å²) in [5.74, 6) is 2.27. The van der Waals surface area contributed by atoms with Gasteiger partial charge in [0, 0.05) is 10.5 Å². The zero-order chi connectivity index (χ0) is 12.0. The summed E-state index contributed by atoms with van der Waals surface area (Å²) < 4.78 is 14.1. The van der Waals surface area contributed by atoms with Crippen LogP contribution in [0.2, 0.25) is 0 Å². The van der Waals surface area contributed by atoms with E-state index in [-0.39, 0.29) is 11.9 Å². The second-order valence-electron chi connectivity index (χ2n) is 5.48. The third kappa shape index (κ3) is 2.27. The lowest BCUT2D eigenvalue weighted by atomic mass is 9.98. The van der Waals surface area contributed by atoms with E-state index in [1.54, 1.807) is 6.07 Å². The lowest BCUT2D eigenvalue weighted by molar-refractivity contribution is 0.483. The smallest absolute Gasteiger partial charge is 0.124 e. The Hall–Kier alpha value is -0.410. The maximum absolute atomic E-state index is 13.3. The molecule has 0 spiro atoms. The molecule has 3 rings (SSSR count). The minimum absolute atomic E-state index is 0.183. The highest BCUT2D eigenvalue weighted by Crippen LogP contribution is 2.58. The number of nitrogens with two attached hydrogens (primary N) is 1. The van der Waals surface area contributed by atoms with Gasteiger partial charge in [0.2, 0.25) is 0 Å². The van der Waals surface area contributed by atoms with Crippen molar-refractivity contribution in [3.63, 3.8) is 0 Å². The summed E-state index contributed by atoms with van der Waals surface area (Å²) in [5.41, 5.74) is 7.27. The zero-order valence-corrected chi connectivity index (χ0v) is 11.3. The molecule has 0 bridgehead atoms. The Labute approximate surface area is 110 Å². The minimum atomic E-state index is -0.183. The van der Waals surface area contributed by atoms with Crippen LogP contribution in [0, 0.1) is 23.6 Å². The number of fused-ring (bicyclic) bond motifs is 1. The van der Waals surface area contributed by atoms with Gasteiger partial charge < -0.3 is 5.73 Å². The summed E-state index contributed by atoms with van der Waals surface area (Å²) in [4.78, 5) is 0. The second-order valence-corrected chi connectivity index (χ2v) is 6.40. The van der Waals surface area contributed by atoms with Gasteiger partial charge in [0.15, 0.2) is 0 Å². The first-order valence-electron chi connectivity index (χ1n) is 6.35. The molecule has 0 heterocycles. The van der Waals surface area contributed by atoms with E-state index in [9.17, 15) is 4.39 Å². The predicted octanol–water partition coefficient (Wildman–Crippen LogP) is 3.50. The Kier molecular flexibility index (Phi) is 2.99. The van der Waals surface area contributed by atoms with Crippen molar-refractivity contribution < 1.29 is 4.39 Å².